The molecule has 0 aromatic heterocycles. The zero-order valence-electron chi connectivity index (χ0n) is 18.1. The molecule has 7 nitrogen and oxygen atoms in total. The average Bonchev–Trinajstić information content (AvgIpc) is 3.08. The van der Waals surface area contributed by atoms with Crippen LogP contribution in [0.2, 0.25) is 0 Å². The second-order valence-corrected chi connectivity index (χ2v) is 8.44. The number of piperazine rings is 1. The van der Waals surface area contributed by atoms with Crippen molar-refractivity contribution in [3.05, 3.63) is 65.5 Å². The highest BCUT2D eigenvalue weighted by atomic mass is 19.1. The summed E-state index contributed by atoms with van der Waals surface area (Å²) in [6.07, 6.45) is -0.694. The molecule has 0 spiro atoms. The number of benzene rings is 2. The molecule has 0 radical (unpaired) electrons. The van der Waals surface area contributed by atoms with E-state index in [1.807, 2.05) is 23.1 Å². The van der Waals surface area contributed by atoms with Crippen molar-refractivity contribution in [2.45, 2.75) is 31.6 Å². The fourth-order valence-corrected chi connectivity index (χ4v) is 4.32. The van der Waals surface area contributed by atoms with Crippen LogP contribution in [0.15, 0.2) is 48.5 Å². The molecule has 8 heteroatoms. The van der Waals surface area contributed by atoms with Crippen LogP contribution in [-0.4, -0.2) is 60.7 Å². The van der Waals surface area contributed by atoms with Crippen molar-refractivity contribution in [1.82, 2.24) is 10.2 Å². The molecule has 2 atom stereocenters. The monoisotopic (exact) mass is 441 g/mol. The first-order valence-electron chi connectivity index (χ1n) is 10.8. The number of carbonyl (C=O) groups is 2. The molecular formula is C24H28FN3O4. The van der Waals surface area contributed by atoms with Crippen molar-refractivity contribution in [3.63, 3.8) is 0 Å². The van der Waals surface area contributed by atoms with Crippen LogP contribution in [-0.2, 0) is 26.5 Å². The zero-order valence-corrected chi connectivity index (χ0v) is 18.1. The number of aliphatic hydroxyl groups is 1. The topological polar surface area (TPSA) is 82.1 Å². The molecule has 32 heavy (non-hydrogen) atoms. The maximum absolute atomic E-state index is 15.0. The van der Waals surface area contributed by atoms with Gasteiger partial charge >= 0.3 is 5.97 Å². The molecule has 2 heterocycles. The van der Waals surface area contributed by atoms with Gasteiger partial charge in [0.2, 0.25) is 5.91 Å². The Morgan fingerprint density at radius 1 is 1.19 bits per heavy atom. The molecule has 170 valence electrons. The molecule has 2 aliphatic heterocycles. The quantitative estimate of drug-likeness (QED) is 0.666. The number of anilines is 1. The Hall–Kier alpha value is -2.97. The van der Waals surface area contributed by atoms with Crippen LogP contribution in [0.5, 0.6) is 0 Å². The number of hydrogen-bond acceptors (Lipinski definition) is 6. The first kappa shape index (κ1) is 22.2. The Labute approximate surface area is 186 Å². The van der Waals surface area contributed by atoms with Crippen molar-refractivity contribution >= 4 is 17.6 Å². The third-order valence-electron chi connectivity index (χ3n) is 6.10. The number of nitrogens with one attached hydrogen (secondary N) is 1. The highest BCUT2D eigenvalue weighted by molar-refractivity contribution is 5.83. The predicted molar refractivity (Wildman–Crippen MR) is 117 cm³/mol. The normalized spacial score (nSPS) is 23.8. The lowest BCUT2D eigenvalue weighted by molar-refractivity contribution is -0.155. The molecule has 2 saturated heterocycles. The van der Waals surface area contributed by atoms with Crippen LogP contribution in [0.4, 0.5) is 10.1 Å². The molecule has 4 rings (SSSR count). The minimum atomic E-state index is -1.92. The number of carbonyl (C=O) groups excluding carboxylic acids is 2. The summed E-state index contributed by atoms with van der Waals surface area (Å²) in [5, 5.41) is 13.5. The van der Waals surface area contributed by atoms with E-state index in [0.717, 1.165) is 19.6 Å². The fourth-order valence-electron chi connectivity index (χ4n) is 4.32. The summed E-state index contributed by atoms with van der Waals surface area (Å²) in [5.41, 5.74) is -0.0451. The summed E-state index contributed by atoms with van der Waals surface area (Å²) >= 11 is 0. The molecule has 2 N–H and O–H groups in total. The van der Waals surface area contributed by atoms with Gasteiger partial charge in [-0.25, -0.2) is 9.18 Å². The van der Waals surface area contributed by atoms with E-state index in [1.54, 1.807) is 12.1 Å². The van der Waals surface area contributed by atoms with Crippen LogP contribution in [0.1, 0.15) is 24.5 Å². The minimum absolute atomic E-state index is 0.0386. The van der Waals surface area contributed by atoms with Gasteiger partial charge in [0.05, 0.1) is 12.2 Å². The first-order valence-corrected chi connectivity index (χ1v) is 10.8. The van der Waals surface area contributed by atoms with E-state index in [2.05, 4.69) is 22.3 Å². The first-order chi connectivity index (χ1) is 15.3. The van der Waals surface area contributed by atoms with Gasteiger partial charge in [-0.1, -0.05) is 36.4 Å². The molecule has 2 aromatic carbocycles. The van der Waals surface area contributed by atoms with Gasteiger partial charge in [0.1, 0.15) is 11.9 Å². The third kappa shape index (κ3) is 4.76. The van der Waals surface area contributed by atoms with Gasteiger partial charge in [0.25, 0.3) is 0 Å². The lowest BCUT2D eigenvalue weighted by atomic mass is 9.90. The van der Waals surface area contributed by atoms with Crippen LogP contribution in [0.25, 0.3) is 0 Å². The number of rotatable bonds is 6. The Morgan fingerprint density at radius 2 is 1.91 bits per heavy atom. The summed E-state index contributed by atoms with van der Waals surface area (Å²) in [4.78, 5) is 27.7. The Kier molecular flexibility index (Phi) is 6.43. The van der Waals surface area contributed by atoms with E-state index in [1.165, 1.54) is 18.6 Å². The second-order valence-electron chi connectivity index (χ2n) is 8.44. The molecule has 1 unspecified atom stereocenters. The van der Waals surface area contributed by atoms with Gasteiger partial charge in [0.15, 0.2) is 5.60 Å². The van der Waals surface area contributed by atoms with Crippen molar-refractivity contribution < 1.29 is 23.8 Å². The summed E-state index contributed by atoms with van der Waals surface area (Å²) in [7, 11) is 0. The van der Waals surface area contributed by atoms with E-state index < -0.39 is 23.5 Å². The lowest BCUT2D eigenvalue weighted by Crippen LogP contribution is -2.46. The number of amides is 1. The van der Waals surface area contributed by atoms with E-state index >= 15 is 4.39 Å². The summed E-state index contributed by atoms with van der Waals surface area (Å²) in [5.74, 6) is -1.56. The van der Waals surface area contributed by atoms with Gasteiger partial charge in [0, 0.05) is 46.1 Å². The molecule has 2 aliphatic rings. The Balaban J connectivity index is 1.39. The third-order valence-corrected chi connectivity index (χ3v) is 6.10. The maximum atomic E-state index is 15.0. The summed E-state index contributed by atoms with van der Waals surface area (Å²) < 4.78 is 20.2. The molecule has 1 amide bonds. The van der Waals surface area contributed by atoms with Gasteiger partial charge < -0.3 is 20.1 Å². The van der Waals surface area contributed by atoms with Gasteiger partial charge in [-0.3, -0.25) is 9.69 Å². The lowest BCUT2D eigenvalue weighted by Gasteiger charge is -2.36. The van der Waals surface area contributed by atoms with Crippen molar-refractivity contribution in [3.8, 4) is 0 Å². The van der Waals surface area contributed by atoms with Gasteiger partial charge in [-0.05, 0) is 23.3 Å². The molecular weight excluding hydrogens is 413 g/mol. The SMILES string of the molecule is CC(=O)NCC1C[C@@](O)(c2ccc(N3CCN(Cc4ccccc4)CC3)c(F)c2)C(=O)O1. The van der Waals surface area contributed by atoms with Crippen LogP contribution < -0.4 is 10.2 Å². The summed E-state index contributed by atoms with van der Waals surface area (Å²) in [6.45, 7) is 5.34. The number of cyclic esters (lactones) is 1. The van der Waals surface area contributed by atoms with Gasteiger partial charge in [-0.15, -0.1) is 0 Å². The number of ether oxygens (including phenoxy) is 1. The van der Waals surface area contributed by atoms with E-state index in [-0.39, 0.29) is 24.4 Å². The Bertz CT molecular complexity index is 978. The Morgan fingerprint density at radius 3 is 2.56 bits per heavy atom. The average molecular weight is 442 g/mol. The van der Waals surface area contributed by atoms with E-state index in [9.17, 15) is 14.7 Å². The van der Waals surface area contributed by atoms with Gasteiger partial charge in [-0.2, -0.15) is 0 Å². The standard InChI is InChI=1S/C24H28FN3O4/c1-17(29)26-15-20-14-24(31,23(30)32-20)19-7-8-22(21(25)13-19)28-11-9-27(10-12-28)16-18-5-3-2-4-6-18/h2-8,13,20,31H,9-12,14-16H2,1H3,(H,26,29)/t20?,24-/m1/s1. The maximum Gasteiger partial charge on any atom is 0.343 e. The second kappa shape index (κ2) is 9.26. The van der Waals surface area contributed by atoms with E-state index in [4.69, 9.17) is 4.74 Å². The molecule has 2 aromatic rings. The van der Waals surface area contributed by atoms with Crippen molar-refractivity contribution in [2.24, 2.45) is 0 Å². The molecule has 0 saturated carbocycles. The number of hydrogen-bond donors (Lipinski definition) is 2. The summed E-state index contributed by atoms with van der Waals surface area (Å²) in [6, 6.07) is 14.7. The van der Waals surface area contributed by atoms with E-state index in [0.29, 0.717) is 18.8 Å². The van der Waals surface area contributed by atoms with Crippen LogP contribution >= 0.6 is 0 Å². The highest BCUT2D eigenvalue weighted by Gasteiger charge is 2.49. The smallest absolute Gasteiger partial charge is 0.343 e. The molecule has 2 fully saturated rings. The fraction of sp³-hybridized carbons (Fsp3) is 0.417. The van der Waals surface area contributed by atoms with Crippen molar-refractivity contribution in [2.75, 3.05) is 37.6 Å². The number of halogens is 1. The van der Waals surface area contributed by atoms with Crippen LogP contribution in [0.3, 0.4) is 0 Å². The minimum Gasteiger partial charge on any atom is -0.458 e. The largest absolute Gasteiger partial charge is 0.458 e. The predicted octanol–water partition coefficient (Wildman–Crippen LogP) is 1.79. The highest BCUT2D eigenvalue weighted by Crippen LogP contribution is 2.37. The molecule has 0 bridgehead atoms. The number of esters is 1. The number of nitrogens with zero attached hydrogens (tertiary/aromatic N) is 2. The zero-order chi connectivity index (χ0) is 22.7. The van der Waals surface area contributed by atoms with Crippen molar-refractivity contribution in [1.29, 1.82) is 0 Å². The molecule has 0 aliphatic carbocycles. The van der Waals surface area contributed by atoms with Crippen LogP contribution in [0, 0.1) is 5.82 Å².